The van der Waals surface area contributed by atoms with Crippen molar-refractivity contribution in [3.8, 4) is 5.75 Å². The van der Waals surface area contributed by atoms with E-state index in [-0.39, 0.29) is 18.1 Å². The van der Waals surface area contributed by atoms with Crippen LogP contribution in [-0.4, -0.2) is 59.8 Å². The summed E-state index contributed by atoms with van der Waals surface area (Å²) in [6.07, 6.45) is 2.79. The molecule has 5 nitrogen and oxygen atoms in total. The summed E-state index contributed by atoms with van der Waals surface area (Å²) >= 11 is 0. The number of likely N-dealkylation sites (tertiary alicyclic amines) is 1. The average Bonchev–Trinajstić information content (AvgIpc) is 3.50. The van der Waals surface area contributed by atoms with E-state index in [2.05, 4.69) is 63.3 Å². The number of ether oxygens (including phenoxy) is 1. The maximum absolute atomic E-state index is 10.5. The fraction of sp³-hybridized carbons (Fsp3) is 0.462. The predicted octanol–water partition coefficient (Wildman–Crippen LogP) is 3.69. The Labute approximate surface area is 183 Å². The Balaban J connectivity index is 1.42. The normalized spacial score (nSPS) is 23.1. The molecule has 1 aliphatic carbocycles. The third-order valence-corrected chi connectivity index (χ3v) is 7.51. The molecule has 0 radical (unpaired) electrons. The minimum absolute atomic E-state index is 0.0169. The Kier molecular flexibility index (Phi) is 4.60. The lowest BCUT2D eigenvalue weighted by Crippen LogP contribution is -2.66. The molecule has 2 fully saturated rings. The minimum Gasteiger partial charge on any atom is -0.497 e. The molecule has 2 aromatic carbocycles. The monoisotopic (exact) mass is 417 g/mol. The molecule has 0 amide bonds. The second kappa shape index (κ2) is 7.37. The fourth-order valence-electron chi connectivity index (χ4n) is 5.96. The van der Waals surface area contributed by atoms with E-state index in [1.165, 1.54) is 41.6 Å². The molecule has 1 aromatic heterocycles. The van der Waals surface area contributed by atoms with Gasteiger partial charge < -0.3 is 19.7 Å². The first-order valence-corrected chi connectivity index (χ1v) is 11.5. The molecule has 0 unspecified atom stereocenters. The van der Waals surface area contributed by atoms with E-state index in [0.717, 1.165) is 43.4 Å². The van der Waals surface area contributed by atoms with Gasteiger partial charge in [0.15, 0.2) is 0 Å². The van der Waals surface area contributed by atoms with E-state index in [0.29, 0.717) is 0 Å². The van der Waals surface area contributed by atoms with Crippen LogP contribution in [0.15, 0.2) is 48.5 Å². The van der Waals surface area contributed by atoms with Crippen LogP contribution < -0.4 is 4.74 Å². The zero-order valence-electron chi connectivity index (χ0n) is 18.2. The molecule has 1 spiro atoms. The number of aliphatic hydroxyl groups is 1. The quantitative estimate of drug-likeness (QED) is 0.642. The van der Waals surface area contributed by atoms with Crippen molar-refractivity contribution < 1.29 is 9.84 Å². The van der Waals surface area contributed by atoms with Gasteiger partial charge >= 0.3 is 0 Å². The Hall–Kier alpha value is -2.34. The van der Waals surface area contributed by atoms with Crippen LogP contribution in [0.5, 0.6) is 5.75 Å². The minimum atomic E-state index is -0.0169. The lowest BCUT2D eigenvalue weighted by atomic mass is 9.68. The second-order valence-electron chi connectivity index (χ2n) is 9.81. The van der Waals surface area contributed by atoms with Gasteiger partial charge in [-0.25, -0.2) is 0 Å². The zero-order valence-corrected chi connectivity index (χ0v) is 18.2. The molecule has 2 N–H and O–H groups in total. The first-order chi connectivity index (χ1) is 15.2. The Morgan fingerprint density at radius 2 is 1.90 bits per heavy atom. The number of rotatable bonds is 6. The highest BCUT2D eigenvalue weighted by molar-refractivity contribution is 5.88. The van der Waals surface area contributed by atoms with Crippen molar-refractivity contribution in [2.45, 2.75) is 30.8 Å². The smallest absolute Gasteiger partial charge is 0.120 e. The average molecular weight is 418 g/mol. The number of aromatic amines is 1. The summed E-state index contributed by atoms with van der Waals surface area (Å²) in [5.41, 5.74) is 5.16. The van der Waals surface area contributed by atoms with E-state index < -0.39 is 0 Å². The van der Waals surface area contributed by atoms with Gasteiger partial charge in [-0.3, -0.25) is 4.90 Å². The van der Waals surface area contributed by atoms with E-state index in [9.17, 15) is 5.11 Å². The van der Waals surface area contributed by atoms with E-state index >= 15 is 0 Å². The number of benzene rings is 2. The van der Waals surface area contributed by atoms with Gasteiger partial charge in [0, 0.05) is 60.8 Å². The van der Waals surface area contributed by atoms with Crippen LogP contribution >= 0.6 is 0 Å². The largest absolute Gasteiger partial charge is 0.497 e. The summed E-state index contributed by atoms with van der Waals surface area (Å²) in [7, 11) is 1.71. The fourth-order valence-corrected chi connectivity index (χ4v) is 5.96. The highest BCUT2D eigenvalue weighted by Gasteiger charge is 2.53. The lowest BCUT2D eigenvalue weighted by molar-refractivity contribution is -0.00987. The summed E-state index contributed by atoms with van der Waals surface area (Å²) in [5, 5.41) is 11.7. The van der Waals surface area contributed by atoms with Crippen LogP contribution in [0.4, 0.5) is 0 Å². The van der Waals surface area contributed by atoms with Gasteiger partial charge in [0.05, 0.1) is 19.8 Å². The van der Waals surface area contributed by atoms with Crippen molar-refractivity contribution in [2.75, 3.05) is 39.9 Å². The van der Waals surface area contributed by atoms with Crippen molar-refractivity contribution in [1.29, 1.82) is 0 Å². The predicted molar refractivity (Wildman–Crippen MR) is 122 cm³/mol. The topological polar surface area (TPSA) is 51.7 Å². The number of aliphatic hydroxyl groups excluding tert-OH is 1. The molecule has 3 aliphatic rings. The number of hydrogen-bond acceptors (Lipinski definition) is 4. The van der Waals surface area contributed by atoms with Crippen LogP contribution in [0.25, 0.3) is 10.9 Å². The van der Waals surface area contributed by atoms with Crippen LogP contribution in [0.3, 0.4) is 0 Å². The van der Waals surface area contributed by atoms with Gasteiger partial charge in [-0.1, -0.05) is 30.3 Å². The van der Waals surface area contributed by atoms with Crippen molar-refractivity contribution >= 4 is 10.9 Å². The van der Waals surface area contributed by atoms with Crippen molar-refractivity contribution in [3.05, 3.63) is 65.4 Å². The Morgan fingerprint density at radius 1 is 1.10 bits per heavy atom. The van der Waals surface area contributed by atoms with Gasteiger partial charge in [-0.2, -0.15) is 0 Å². The molecular weight excluding hydrogens is 386 g/mol. The molecule has 1 atom stereocenters. The van der Waals surface area contributed by atoms with E-state index in [1.54, 1.807) is 7.11 Å². The Morgan fingerprint density at radius 3 is 2.61 bits per heavy atom. The summed E-state index contributed by atoms with van der Waals surface area (Å²) in [4.78, 5) is 8.83. The van der Waals surface area contributed by atoms with Crippen LogP contribution in [0, 0.1) is 5.92 Å². The summed E-state index contributed by atoms with van der Waals surface area (Å²) in [6.45, 7) is 5.42. The molecule has 1 saturated carbocycles. The third kappa shape index (κ3) is 3.27. The Bertz CT molecular complexity index is 1080. The van der Waals surface area contributed by atoms with E-state index in [4.69, 9.17) is 4.74 Å². The molecule has 0 bridgehead atoms. The van der Waals surface area contributed by atoms with Gasteiger partial charge in [-0.05, 0) is 42.0 Å². The highest BCUT2D eigenvalue weighted by atomic mass is 16.5. The van der Waals surface area contributed by atoms with Gasteiger partial charge in [0.25, 0.3) is 0 Å². The standard InChI is InChI=1S/C26H31N3O2/c1-31-20-9-10-21-22(11-20)27-25-23(14-30)29(13-18-5-3-2-4-6-18)17-26(24(21)25)15-28(16-26)12-19-7-8-19/h2-6,9-11,19,23,27,30H,7-8,12-17H2,1H3/t23-/m1/s1. The van der Waals surface area contributed by atoms with Crippen LogP contribution in [-0.2, 0) is 12.0 Å². The van der Waals surface area contributed by atoms with Crippen LogP contribution in [0.1, 0.15) is 35.7 Å². The van der Waals surface area contributed by atoms with Crippen LogP contribution in [0.2, 0.25) is 0 Å². The zero-order chi connectivity index (χ0) is 21.0. The molecule has 5 heteroatoms. The maximum atomic E-state index is 10.5. The summed E-state index contributed by atoms with van der Waals surface area (Å²) < 4.78 is 5.48. The molecule has 2 aliphatic heterocycles. The van der Waals surface area contributed by atoms with Gasteiger partial charge in [-0.15, -0.1) is 0 Å². The molecule has 6 rings (SSSR count). The molecule has 3 heterocycles. The van der Waals surface area contributed by atoms with Crippen molar-refractivity contribution in [1.82, 2.24) is 14.8 Å². The molecule has 162 valence electrons. The van der Waals surface area contributed by atoms with Crippen molar-refractivity contribution in [3.63, 3.8) is 0 Å². The van der Waals surface area contributed by atoms with Gasteiger partial charge in [0.2, 0.25) is 0 Å². The number of hydrogen-bond donors (Lipinski definition) is 2. The first-order valence-electron chi connectivity index (χ1n) is 11.5. The SMILES string of the molecule is COc1ccc2c3c([nH]c2c1)[C@@H](CO)N(Cc1ccccc1)CC31CN(CC2CC2)C1. The van der Waals surface area contributed by atoms with E-state index in [1.807, 2.05) is 0 Å². The summed E-state index contributed by atoms with van der Waals surface area (Å²) in [5.74, 6) is 1.78. The number of methoxy groups -OCH3 is 1. The molecule has 31 heavy (non-hydrogen) atoms. The third-order valence-electron chi connectivity index (χ3n) is 7.51. The first kappa shape index (κ1) is 19.4. The number of aromatic nitrogens is 1. The second-order valence-corrected chi connectivity index (χ2v) is 9.81. The van der Waals surface area contributed by atoms with Gasteiger partial charge in [0.1, 0.15) is 5.75 Å². The summed E-state index contributed by atoms with van der Waals surface area (Å²) in [6, 6.07) is 17.0. The number of fused-ring (bicyclic) bond motifs is 4. The molecular formula is C26H31N3O2. The number of H-pyrrole nitrogens is 1. The number of nitrogens with zero attached hydrogens (tertiary/aromatic N) is 2. The number of nitrogens with one attached hydrogen (secondary N) is 1. The highest BCUT2D eigenvalue weighted by Crippen LogP contribution is 2.49. The maximum Gasteiger partial charge on any atom is 0.120 e. The lowest BCUT2D eigenvalue weighted by Gasteiger charge is -2.56. The molecule has 3 aromatic rings. The molecule has 1 saturated heterocycles. The van der Waals surface area contributed by atoms with Crippen molar-refractivity contribution in [2.24, 2.45) is 5.92 Å².